The lowest BCUT2D eigenvalue weighted by Crippen LogP contribution is -2.10. The normalized spacial score (nSPS) is 13.5. The molecule has 3 aromatic heterocycles. The maximum Gasteiger partial charge on any atom is 0.132 e. The molecule has 3 rings (SSSR count). The molecular formula is C14H16N6S2. The number of hydrogen-bond donors (Lipinski definition) is 2. The Bertz CT molecular complexity index is 640. The summed E-state index contributed by atoms with van der Waals surface area (Å²) in [6.45, 7) is 4.12. The van der Waals surface area contributed by atoms with Crippen molar-refractivity contribution in [2.45, 2.75) is 25.9 Å². The van der Waals surface area contributed by atoms with Crippen LogP contribution in [0.4, 0.5) is 11.6 Å². The SMILES string of the molecule is C[C@H](Nc1cc(N[C@H](C)c2nccs2)ncn1)c1nccs1. The number of hydrogen-bond acceptors (Lipinski definition) is 8. The molecule has 0 amide bonds. The van der Waals surface area contributed by atoms with Crippen molar-refractivity contribution in [3.8, 4) is 0 Å². The van der Waals surface area contributed by atoms with Gasteiger partial charge in [-0.25, -0.2) is 19.9 Å². The van der Waals surface area contributed by atoms with Gasteiger partial charge in [0, 0.05) is 29.2 Å². The molecule has 8 heteroatoms. The number of rotatable bonds is 6. The van der Waals surface area contributed by atoms with E-state index in [1.807, 2.05) is 16.8 Å². The van der Waals surface area contributed by atoms with Gasteiger partial charge >= 0.3 is 0 Å². The van der Waals surface area contributed by atoms with Crippen LogP contribution in [0, 0.1) is 0 Å². The molecule has 0 saturated heterocycles. The smallest absolute Gasteiger partial charge is 0.132 e. The number of nitrogens with one attached hydrogen (secondary N) is 2. The van der Waals surface area contributed by atoms with Crippen molar-refractivity contribution < 1.29 is 0 Å². The van der Waals surface area contributed by atoms with Crippen LogP contribution >= 0.6 is 22.7 Å². The van der Waals surface area contributed by atoms with Crippen molar-refractivity contribution in [3.05, 3.63) is 45.6 Å². The Morgan fingerprint density at radius 2 is 1.32 bits per heavy atom. The average Bonchev–Trinajstić information content (AvgIpc) is 3.21. The van der Waals surface area contributed by atoms with Crippen molar-refractivity contribution in [3.63, 3.8) is 0 Å². The van der Waals surface area contributed by atoms with E-state index in [0.29, 0.717) is 0 Å². The Labute approximate surface area is 136 Å². The summed E-state index contributed by atoms with van der Waals surface area (Å²) in [6, 6.07) is 2.12. The standard InChI is InChI=1S/C14H16N6S2/c1-9(13-15-3-5-21-13)19-11-7-12(18-8-17-11)20-10(2)14-16-4-6-22-14/h3-10H,1-2H3,(H2,17,18,19,20)/t9-,10+. The first-order valence-corrected chi connectivity index (χ1v) is 8.62. The van der Waals surface area contributed by atoms with Crippen LogP contribution in [0.25, 0.3) is 0 Å². The summed E-state index contributed by atoms with van der Waals surface area (Å²) in [7, 11) is 0. The summed E-state index contributed by atoms with van der Waals surface area (Å²) in [5.41, 5.74) is 0. The first-order valence-electron chi connectivity index (χ1n) is 6.86. The van der Waals surface area contributed by atoms with Gasteiger partial charge in [-0.2, -0.15) is 0 Å². The van der Waals surface area contributed by atoms with E-state index in [1.54, 1.807) is 41.4 Å². The van der Waals surface area contributed by atoms with Crippen molar-refractivity contribution in [1.29, 1.82) is 0 Å². The Balaban J connectivity index is 1.67. The van der Waals surface area contributed by atoms with E-state index < -0.39 is 0 Å². The van der Waals surface area contributed by atoms with Crippen molar-refractivity contribution in [1.82, 2.24) is 19.9 Å². The van der Waals surface area contributed by atoms with Gasteiger partial charge in [-0.1, -0.05) is 0 Å². The maximum atomic E-state index is 4.31. The topological polar surface area (TPSA) is 75.6 Å². The Kier molecular flexibility index (Phi) is 4.59. The maximum absolute atomic E-state index is 4.31. The van der Waals surface area contributed by atoms with Gasteiger partial charge in [0.2, 0.25) is 0 Å². The van der Waals surface area contributed by atoms with Crippen LogP contribution in [0.2, 0.25) is 0 Å². The molecule has 0 aromatic carbocycles. The second-order valence-corrected chi connectivity index (χ2v) is 6.61. The molecule has 0 bridgehead atoms. The first kappa shape index (κ1) is 14.9. The minimum absolute atomic E-state index is 0.110. The highest BCUT2D eigenvalue weighted by molar-refractivity contribution is 7.09. The van der Waals surface area contributed by atoms with Gasteiger partial charge in [0.05, 0.1) is 12.1 Å². The summed E-state index contributed by atoms with van der Waals surface area (Å²) in [5, 5.41) is 12.7. The molecule has 6 nitrogen and oxygen atoms in total. The van der Waals surface area contributed by atoms with Gasteiger partial charge in [0.1, 0.15) is 28.0 Å². The third-order valence-corrected chi connectivity index (χ3v) is 4.96. The third-order valence-electron chi connectivity index (χ3n) is 3.04. The summed E-state index contributed by atoms with van der Waals surface area (Å²) >= 11 is 3.25. The lowest BCUT2D eigenvalue weighted by atomic mass is 10.3. The van der Waals surface area contributed by atoms with E-state index in [1.165, 1.54) is 0 Å². The van der Waals surface area contributed by atoms with Crippen LogP contribution in [-0.2, 0) is 0 Å². The first-order chi connectivity index (χ1) is 10.7. The molecule has 0 aliphatic carbocycles. The quantitative estimate of drug-likeness (QED) is 0.716. The molecule has 114 valence electrons. The summed E-state index contributed by atoms with van der Waals surface area (Å²) in [5.74, 6) is 1.54. The number of thiazole rings is 2. The fourth-order valence-electron chi connectivity index (χ4n) is 1.98. The molecule has 0 radical (unpaired) electrons. The van der Waals surface area contributed by atoms with E-state index in [2.05, 4.69) is 44.4 Å². The van der Waals surface area contributed by atoms with E-state index in [0.717, 1.165) is 21.7 Å². The average molecular weight is 332 g/mol. The van der Waals surface area contributed by atoms with Crippen molar-refractivity contribution in [2.75, 3.05) is 10.6 Å². The second kappa shape index (κ2) is 6.80. The van der Waals surface area contributed by atoms with Crippen LogP contribution in [-0.4, -0.2) is 19.9 Å². The van der Waals surface area contributed by atoms with E-state index >= 15 is 0 Å². The van der Waals surface area contributed by atoms with Crippen LogP contribution in [0.1, 0.15) is 35.9 Å². The van der Waals surface area contributed by atoms with E-state index in [4.69, 9.17) is 0 Å². The highest BCUT2D eigenvalue weighted by atomic mass is 32.1. The van der Waals surface area contributed by atoms with Gasteiger partial charge in [-0.15, -0.1) is 22.7 Å². The molecule has 2 N–H and O–H groups in total. The predicted octanol–water partition coefficient (Wildman–Crippen LogP) is 3.74. The van der Waals surface area contributed by atoms with Crippen LogP contribution in [0.3, 0.4) is 0 Å². The van der Waals surface area contributed by atoms with Gasteiger partial charge in [-0.3, -0.25) is 0 Å². The molecule has 22 heavy (non-hydrogen) atoms. The van der Waals surface area contributed by atoms with Gasteiger partial charge in [-0.05, 0) is 13.8 Å². The van der Waals surface area contributed by atoms with Crippen LogP contribution in [0.15, 0.2) is 35.5 Å². The minimum Gasteiger partial charge on any atom is -0.361 e. The van der Waals surface area contributed by atoms with Gasteiger partial charge in [0.25, 0.3) is 0 Å². The Morgan fingerprint density at radius 3 is 1.73 bits per heavy atom. The minimum atomic E-state index is 0.110. The molecule has 0 aliphatic rings. The zero-order valence-electron chi connectivity index (χ0n) is 12.2. The fourth-order valence-corrected chi connectivity index (χ4v) is 3.27. The third kappa shape index (κ3) is 3.58. The summed E-state index contributed by atoms with van der Waals surface area (Å²) < 4.78 is 0. The molecule has 0 unspecified atom stereocenters. The molecule has 2 atom stereocenters. The predicted molar refractivity (Wildman–Crippen MR) is 90.3 cm³/mol. The van der Waals surface area contributed by atoms with Gasteiger partial charge < -0.3 is 10.6 Å². The second-order valence-electron chi connectivity index (χ2n) is 4.76. The highest BCUT2D eigenvalue weighted by Gasteiger charge is 2.11. The number of anilines is 2. The fraction of sp³-hybridized carbons (Fsp3) is 0.286. The molecule has 0 fully saturated rings. The highest BCUT2D eigenvalue weighted by Crippen LogP contribution is 2.23. The number of aromatic nitrogens is 4. The molecule has 0 aliphatic heterocycles. The monoisotopic (exact) mass is 332 g/mol. The molecule has 0 spiro atoms. The lowest BCUT2D eigenvalue weighted by molar-refractivity contribution is 0.847. The van der Waals surface area contributed by atoms with Crippen molar-refractivity contribution >= 4 is 34.3 Å². The molecule has 0 saturated carbocycles. The number of nitrogens with zero attached hydrogens (tertiary/aromatic N) is 4. The van der Waals surface area contributed by atoms with Gasteiger partial charge in [0.15, 0.2) is 0 Å². The lowest BCUT2D eigenvalue weighted by Gasteiger charge is -2.14. The van der Waals surface area contributed by atoms with E-state index in [9.17, 15) is 0 Å². The molecule has 3 heterocycles. The zero-order valence-corrected chi connectivity index (χ0v) is 13.9. The molecule has 3 aromatic rings. The van der Waals surface area contributed by atoms with Crippen LogP contribution in [0.5, 0.6) is 0 Å². The zero-order chi connectivity index (χ0) is 15.4. The molecular weight excluding hydrogens is 316 g/mol. The Morgan fingerprint density at radius 1 is 0.818 bits per heavy atom. The van der Waals surface area contributed by atoms with E-state index in [-0.39, 0.29) is 12.1 Å². The summed E-state index contributed by atoms with van der Waals surface area (Å²) in [4.78, 5) is 17.1. The Hall–Kier alpha value is -2.06. The van der Waals surface area contributed by atoms with Crippen molar-refractivity contribution in [2.24, 2.45) is 0 Å². The summed E-state index contributed by atoms with van der Waals surface area (Å²) in [6.07, 6.45) is 5.16. The largest absolute Gasteiger partial charge is 0.361 e. The van der Waals surface area contributed by atoms with Crippen LogP contribution < -0.4 is 10.6 Å².